The van der Waals surface area contributed by atoms with Crippen molar-refractivity contribution in [2.75, 3.05) is 0 Å². The summed E-state index contributed by atoms with van der Waals surface area (Å²) in [5, 5.41) is 0. The highest BCUT2D eigenvalue weighted by atomic mass is 79.9. The van der Waals surface area contributed by atoms with Gasteiger partial charge in [-0.1, -0.05) is 34.1 Å². The average molecular weight is 335 g/mol. The van der Waals surface area contributed by atoms with E-state index < -0.39 is 0 Å². The summed E-state index contributed by atoms with van der Waals surface area (Å²) in [7, 11) is 0. The third-order valence-corrected chi connectivity index (χ3v) is 4.36. The van der Waals surface area contributed by atoms with Gasteiger partial charge in [0.25, 0.3) is 0 Å². The number of aromatic nitrogens is 2. The summed E-state index contributed by atoms with van der Waals surface area (Å²) >= 11 is 3.62. The van der Waals surface area contributed by atoms with Crippen molar-refractivity contribution in [2.24, 2.45) is 0 Å². The molecule has 0 amide bonds. The second kappa shape index (κ2) is 4.90. The predicted molar refractivity (Wildman–Crippen MR) is 80.8 cm³/mol. The number of imidazole rings is 1. The van der Waals surface area contributed by atoms with Gasteiger partial charge >= 0.3 is 5.69 Å². The molecule has 3 aromatic rings. The summed E-state index contributed by atoms with van der Waals surface area (Å²) in [4.78, 5) is 16.6. The molecule has 0 saturated carbocycles. The lowest BCUT2D eigenvalue weighted by Gasteiger charge is -2.12. The molecule has 0 aliphatic carbocycles. The lowest BCUT2D eigenvalue weighted by atomic mass is 10.0. The fraction of sp³-hybridized carbons (Fsp3) is 0.133. The monoisotopic (exact) mass is 334 g/mol. The van der Waals surface area contributed by atoms with Crippen LogP contribution in [-0.4, -0.2) is 9.97 Å². The Morgan fingerprint density at radius 3 is 2.45 bits per heavy atom. The van der Waals surface area contributed by atoms with E-state index in [1.807, 2.05) is 24.3 Å². The van der Waals surface area contributed by atoms with Crippen molar-refractivity contribution in [3.8, 4) is 0 Å². The standard InChI is InChI=1S/C15H12BrFN2O/c1-8-6-9(2-4-11(8)17)14(16)10-3-5-12-13(7-10)19-15(20)18-12/h2-7,14H,1H3,(H2,18,19,20). The number of fused-ring (bicyclic) bond motifs is 1. The van der Waals surface area contributed by atoms with Crippen LogP contribution in [0.4, 0.5) is 4.39 Å². The first-order chi connectivity index (χ1) is 9.54. The minimum Gasteiger partial charge on any atom is -0.306 e. The zero-order valence-corrected chi connectivity index (χ0v) is 12.3. The molecule has 0 radical (unpaired) electrons. The fourth-order valence-corrected chi connectivity index (χ4v) is 2.80. The van der Waals surface area contributed by atoms with Gasteiger partial charge in [-0.05, 0) is 41.8 Å². The molecule has 2 aromatic carbocycles. The van der Waals surface area contributed by atoms with Gasteiger partial charge in [-0.3, -0.25) is 0 Å². The van der Waals surface area contributed by atoms with Crippen molar-refractivity contribution in [2.45, 2.75) is 11.8 Å². The maximum absolute atomic E-state index is 13.3. The Morgan fingerprint density at radius 2 is 1.70 bits per heavy atom. The number of H-pyrrole nitrogens is 2. The third-order valence-electron chi connectivity index (χ3n) is 3.31. The summed E-state index contributed by atoms with van der Waals surface area (Å²) in [5.74, 6) is -0.209. The Morgan fingerprint density at radius 1 is 1.05 bits per heavy atom. The molecule has 3 nitrogen and oxygen atoms in total. The molecule has 3 rings (SSSR count). The summed E-state index contributed by atoms with van der Waals surface area (Å²) in [6, 6.07) is 10.7. The Kier molecular flexibility index (Phi) is 3.22. The maximum atomic E-state index is 13.3. The zero-order chi connectivity index (χ0) is 14.3. The number of alkyl halides is 1. The summed E-state index contributed by atoms with van der Waals surface area (Å²) < 4.78 is 13.3. The third kappa shape index (κ3) is 2.29. The number of hydrogen-bond acceptors (Lipinski definition) is 1. The lowest BCUT2D eigenvalue weighted by Crippen LogP contribution is -1.99. The zero-order valence-electron chi connectivity index (χ0n) is 10.7. The van der Waals surface area contributed by atoms with Crippen molar-refractivity contribution >= 4 is 27.0 Å². The van der Waals surface area contributed by atoms with E-state index in [1.54, 1.807) is 13.0 Å². The second-order valence-corrected chi connectivity index (χ2v) is 5.67. The fourth-order valence-electron chi connectivity index (χ4n) is 2.23. The number of aromatic amines is 2. The first-order valence-corrected chi connectivity index (χ1v) is 7.08. The van der Waals surface area contributed by atoms with E-state index in [1.165, 1.54) is 6.07 Å². The molecule has 0 saturated heterocycles. The van der Waals surface area contributed by atoms with E-state index in [2.05, 4.69) is 25.9 Å². The first-order valence-electron chi connectivity index (χ1n) is 6.16. The smallest absolute Gasteiger partial charge is 0.306 e. The van der Waals surface area contributed by atoms with Crippen LogP contribution in [-0.2, 0) is 0 Å². The topological polar surface area (TPSA) is 48.6 Å². The second-order valence-electron chi connectivity index (χ2n) is 4.76. The molecule has 0 spiro atoms. The quantitative estimate of drug-likeness (QED) is 0.688. The number of halogens is 2. The van der Waals surface area contributed by atoms with Crippen LogP contribution in [0.3, 0.4) is 0 Å². The van der Waals surface area contributed by atoms with Gasteiger partial charge in [0, 0.05) is 0 Å². The Hall–Kier alpha value is -1.88. The number of aryl methyl sites for hydroxylation is 1. The molecule has 0 aliphatic heterocycles. The molecule has 2 N–H and O–H groups in total. The number of benzene rings is 2. The molecular formula is C15H12BrFN2O. The molecule has 1 aromatic heterocycles. The van der Waals surface area contributed by atoms with E-state index in [9.17, 15) is 9.18 Å². The highest BCUT2D eigenvalue weighted by Gasteiger charge is 2.13. The Bertz CT molecular complexity index is 837. The molecule has 1 heterocycles. The van der Waals surface area contributed by atoms with Gasteiger partial charge in [0.05, 0.1) is 15.9 Å². The number of hydrogen-bond donors (Lipinski definition) is 2. The van der Waals surface area contributed by atoms with Crippen molar-refractivity contribution in [1.29, 1.82) is 0 Å². The molecule has 1 atom stereocenters. The predicted octanol–water partition coefficient (Wildman–Crippen LogP) is 3.79. The normalized spacial score (nSPS) is 12.8. The molecule has 102 valence electrons. The van der Waals surface area contributed by atoms with E-state index in [-0.39, 0.29) is 16.3 Å². The summed E-state index contributed by atoms with van der Waals surface area (Å²) in [6.07, 6.45) is 0. The van der Waals surface area contributed by atoms with Gasteiger partial charge in [0.2, 0.25) is 0 Å². The lowest BCUT2D eigenvalue weighted by molar-refractivity contribution is 0.618. The Balaban J connectivity index is 2.04. The van der Waals surface area contributed by atoms with Gasteiger partial charge in [0.15, 0.2) is 0 Å². The molecular weight excluding hydrogens is 323 g/mol. The highest BCUT2D eigenvalue weighted by molar-refractivity contribution is 9.09. The van der Waals surface area contributed by atoms with E-state index >= 15 is 0 Å². The highest BCUT2D eigenvalue weighted by Crippen LogP contribution is 2.32. The van der Waals surface area contributed by atoms with Gasteiger partial charge in [-0.15, -0.1) is 0 Å². The van der Waals surface area contributed by atoms with Crippen LogP contribution in [0.15, 0.2) is 41.2 Å². The van der Waals surface area contributed by atoms with Crippen LogP contribution in [0.25, 0.3) is 11.0 Å². The van der Waals surface area contributed by atoms with Crippen molar-refractivity contribution in [1.82, 2.24) is 9.97 Å². The Labute approximate surface area is 123 Å². The summed E-state index contributed by atoms with van der Waals surface area (Å²) in [6.45, 7) is 1.74. The maximum Gasteiger partial charge on any atom is 0.323 e. The van der Waals surface area contributed by atoms with Crippen LogP contribution >= 0.6 is 15.9 Å². The van der Waals surface area contributed by atoms with E-state index in [0.29, 0.717) is 5.56 Å². The summed E-state index contributed by atoms with van der Waals surface area (Å²) in [5.41, 5.74) is 3.90. The molecule has 0 aliphatic rings. The van der Waals surface area contributed by atoms with Crippen LogP contribution < -0.4 is 5.69 Å². The van der Waals surface area contributed by atoms with Gasteiger partial charge in [0.1, 0.15) is 5.82 Å². The average Bonchev–Trinajstić information content (AvgIpc) is 2.80. The van der Waals surface area contributed by atoms with Crippen molar-refractivity contribution in [3.05, 3.63) is 69.4 Å². The largest absolute Gasteiger partial charge is 0.323 e. The molecule has 20 heavy (non-hydrogen) atoms. The van der Waals surface area contributed by atoms with Crippen LogP contribution in [0.5, 0.6) is 0 Å². The number of nitrogens with one attached hydrogen (secondary N) is 2. The SMILES string of the molecule is Cc1cc(C(Br)c2ccc3[nH]c(=O)[nH]c3c2)ccc1F. The van der Waals surface area contributed by atoms with E-state index in [0.717, 1.165) is 22.2 Å². The van der Waals surface area contributed by atoms with Gasteiger partial charge in [-0.2, -0.15) is 0 Å². The molecule has 0 fully saturated rings. The molecule has 5 heteroatoms. The van der Waals surface area contributed by atoms with Crippen molar-refractivity contribution in [3.63, 3.8) is 0 Å². The minimum absolute atomic E-state index is 0.0513. The molecule has 1 unspecified atom stereocenters. The van der Waals surface area contributed by atoms with Crippen molar-refractivity contribution < 1.29 is 4.39 Å². The minimum atomic E-state index is -0.221. The molecule has 0 bridgehead atoms. The first kappa shape index (κ1) is 13.1. The van der Waals surface area contributed by atoms with Gasteiger partial charge < -0.3 is 9.97 Å². The van der Waals surface area contributed by atoms with Gasteiger partial charge in [-0.25, -0.2) is 9.18 Å². The number of rotatable bonds is 2. The van der Waals surface area contributed by atoms with Crippen LogP contribution in [0.1, 0.15) is 21.5 Å². The van der Waals surface area contributed by atoms with Crippen LogP contribution in [0, 0.1) is 12.7 Å². The van der Waals surface area contributed by atoms with E-state index in [4.69, 9.17) is 0 Å². The van der Waals surface area contributed by atoms with Crippen LogP contribution in [0.2, 0.25) is 0 Å².